The largest absolute Gasteiger partial charge is 0.354 e. The van der Waals surface area contributed by atoms with Gasteiger partial charge in [-0.1, -0.05) is 0 Å². The van der Waals surface area contributed by atoms with Gasteiger partial charge in [0.2, 0.25) is 11.9 Å². The quantitative estimate of drug-likeness (QED) is 0.929. The maximum Gasteiger partial charge on any atom is 0.230 e. The number of aromatic nitrogens is 4. The zero-order valence-electron chi connectivity index (χ0n) is 11.9. The van der Waals surface area contributed by atoms with Crippen LogP contribution in [0.15, 0.2) is 18.5 Å². The molecule has 3 rings (SSSR count). The van der Waals surface area contributed by atoms with Gasteiger partial charge in [0.15, 0.2) is 5.82 Å². The molecular formula is C14H17FN6. The van der Waals surface area contributed by atoms with E-state index in [2.05, 4.69) is 30.2 Å². The van der Waals surface area contributed by atoms with Crippen molar-refractivity contribution in [2.24, 2.45) is 0 Å². The van der Waals surface area contributed by atoms with E-state index in [-0.39, 0.29) is 0 Å². The normalized spacial score (nSPS) is 14.5. The number of hydrogen-bond acceptors (Lipinski definition) is 6. The summed E-state index contributed by atoms with van der Waals surface area (Å²) in [5, 5.41) is 3.09. The van der Waals surface area contributed by atoms with Crippen LogP contribution in [0.5, 0.6) is 0 Å². The van der Waals surface area contributed by atoms with Gasteiger partial charge in [-0.3, -0.25) is 4.98 Å². The second-order valence-corrected chi connectivity index (χ2v) is 4.90. The van der Waals surface area contributed by atoms with Gasteiger partial charge in [-0.2, -0.15) is 15.0 Å². The number of rotatable bonds is 4. The van der Waals surface area contributed by atoms with Crippen molar-refractivity contribution in [3.05, 3.63) is 24.3 Å². The summed E-state index contributed by atoms with van der Waals surface area (Å²) in [6, 6.07) is 1.38. The van der Waals surface area contributed by atoms with Gasteiger partial charge in [0, 0.05) is 31.4 Å². The molecule has 1 N–H and O–H groups in total. The number of hydrogen-bond donors (Lipinski definition) is 1. The lowest BCUT2D eigenvalue weighted by atomic mass is 10.2. The molecule has 2 aromatic rings. The Bertz CT molecular complexity index is 627. The highest BCUT2D eigenvalue weighted by Gasteiger charge is 2.18. The molecule has 110 valence electrons. The lowest BCUT2D eigenvalue weighted by Gasteiger charge is -2.16. The van der Waals surface area contributed by atoms with Gasteiger partial charge in [-0.05, 0) is 25.8 Å². The third-order valence-corrected chi connectivity index (χ3v) is 3.31. The highest BCUT2D eigenvalue weighted by Crippen LogP contribution is 2.22. The van der Waals surface area contributed by atoms with Crippen molar-refractivity contribution in [2.45, 2.75) is 19.8 Å². The van der Waals surface area contributed by atoms with E-state index in [1.165, 1.54) is 6.07 Å². The first-order chi connectivity index (χ1) is 10.3. The van der Waals surface area contributed by atoms with Gasteiger partial charge in [-0.25, -0.2) is 4.39 Å². The predicted molar refractivity (Wildman–Crippen MR) is 78.6 cm³/mol. The van der Waals surface area contributed by atoms with Crippen LogP contribution in [-0.4, -0.2) is 39.6 Å². The first-order valence-electron chi connectivity index (χ1n) is 7.12. The van der Waals surface area contributed by atoms with Crippen molar-refractivity contribution < 1.29 is 4.39 Å². The maximum absolute atomic E-state index is 13.3. The Morgan fingerprint density at radius 3 is 2.71 bits per heavy atom. The van der Waals surface area contributed by atoms with Crippen LogP contribution in [0.2, 0.25) is 0 Å². The lowest BCUT2D eigenvalue weighted by Crippen LogP contribution is -2.22. The molecule has 6 nitrogen and oxygen atoms in total. The van der Waals surface area contributed by atoms with Crippen LogP contribution < -0.4 is 10.2 Å². The van der Waals surface area contributed by atoms with Gasteiger partial charge in [-0.15, -0.1) is 0 Å². The molecular weight excluding hydrogens is 271 g/mol. The SMILES string of the molecule is CCNc1nc(-c2cncc(F)c2)nc(N2CCCC2)n1. The Labute approximate surface area is 122 Å². The third kappa shape index (κ3) is 3.07. The summed E-state index contributed by atoms with van der Waals surface area (Å²) in [4.78, 5) is 19.2. The summed E-state index contributed by atoms with van der Waals surface area (Å²) >= 11 is 0. The molecule has 1 saturated heterocycles. The summed E-state index contributed by atoms with van der Waals surface area (Å²) in [6.45, 7) is 4.57. The number of halogens is 1. The molecule has 0 atom stereocenters. The summed E-state index contributed by atoms with van der Waals surface area (Å²) in [5.74, 6) is 1.18. The van der Waals surface area contributed by atoms with Crippen LogP contribution in [0.1, 0.15) is 19.8 Å². The van der Waals surface area contributed by atoms with Gasteiger partial charge in [0.25, 0.3) is 0 Å². The molecule has 0 bridgehead atoms. The second-order valence-electron chi connectivity index (χ2n) is 4.90. The van der Waals surface area contributed by atoms with Crippen molar-refractivity contribution >= 4 is 11.9 Å². The molecule has 1 aliphatic heterocycles. The van der Waals surface area contributed by atoms with Crippen molar-refractivity contribution in [3.8, 4) is 11.4 Å². The molecule has 21 heavy (non-hydrogen) atoms. The van der Waals surface area contributed by atoms with Crippen LogP contribution in [0.3, 0.4) is 0 Å². The molecule has 7 heteroatoms. The minimum absolute atomic E-state index is 0.402. The van der Waals surface area contributed by atoms with Crippen LogP contribution in [0, 0.1) is 5.82 Å². The van der Waals surface area contributed by atoms with Gasteiger partial charge < -0.3 is 10.2 Å². The molecule has 0 aliphatic carbocycles. The van der Waals surface area contributed by atoms with Gasteiger partial charge in [0.05, 0.1) is 6.20 Å². The second kappa shape index (κ2) is 5.99. The molecule has 1 fully saturated rings. The molecule has 0 radical (unpaired) electrons. The summed E-state index contributed by atoms with van der Waals surface area (Å²) < 4.78 is 13.3. The Morgan fingerprint density at radius 1 is 1.19 bits per heavy atom. The van der Waals surface area contributed by atoms with Crippen molar-refractivity contribution in [1.29, 1.82) is 0 Å². The minimum atomic E-state index is -0.402. The molecule has 0 aromatic carbocycles. The molecule has 0 amide bonds. The Morgan fingerprint density at radius 2 is 2.00 bits per heavy atom. The van der Waals surface area contributed by atoms with Crippen molar-refractivity contribution in [2.75, 3.05) is 29.9 Å². The smallest absolute Gasteiger partial charge is 0.230 e. The Hall–Kier alpha value is -2.31. The lowest BCUT2D eigenvalue weighted by molar-refractivity contribution is 0.622. The molecule has 3 heterocycles. The first-order valence-corrected chi connectivity index (χ1v) is 7.12. The monoisotopic (exact) mass is 288 g/mol. The van der Waals surface area contributed by atoms with Gasteiger partial charge in [0.1, 0.15) is 5.82 Å². The average molecular weight is 288 g/mol. The fourth-order valence-corrected chi connectivity index (χ4v) is 2.32. The number of nitrogens with one attached hydrogen (secondary N) is 1. The molecule has 0 saturated carbocycles. The highest BCUT2D eigenvalue weighted by atomic mass is 19.1. The fraction of sp³-hybridized carbons (Fsp3) is 0.429. The molecule has 2 aromatic heterocycles. The minimum Gasteiger partial charge on any atom is -0.354 e. The van der Waals surface area contributed by atoms with E-state index >= 15 is 0 Å². The average Bonchev–Trinajstić information content (AvgIpc) is 3.01. The van der Waals surface area contributed by atoms with Crippen molar-refractivity contribution in [3.63, 3.8) is 0 Å². The van der Waals surface area contributed by atoms with Crippen LogP contribution in [0.4, 0.5) is 16.3 Å². The molecule has 0 spiro atoms. The topological polar surface area (TPSA) is 66.8 Å². The van der Waals surface area contributed by atoms with Gasteiger partial charge >= 0.3 is 0 Å². The van der Waals surface area contributed by atoms with Crippen molar-refractivity contribution in [1.82, 2.24) is 19.9 Å². The standard InChI is InChI=1S/C14H17FN6/c1-2-17-13-18-12(10-7-11(15)9-16-8-10)19-14(20-13)21-5-3-4-6-21/h7-9H,2-6H2,1H3,(H,17,18,19,20). The van der Waals surface area contributed by atoms with E-state index in [1.807, 2.05) is 6.92 Å². The Kier molecular flexibility index (Phi) is 3.89. The zero-order chi connectivity index (χ0) is 14.7. The fourth-order valence-electron chi connectivity index (χ4n) is 2.32. The third-order valence-electron chi connectivity index (χ3n) is 3.31. The number of nitrogens with zero attached hydrogens (tertiary/aromatic N) is 5. The Balaban J connectivity index is 2.02. The van der Waals surface area contributed by atoms with Crippen LogP contribution in [-0.2, 0) is 0 Å². The van der Waals surface area contributed by atoms with Crippen LogP contribution in [0.25, 0.3) is 11.4 Å². The molecule has 0 unspecified atom stereocenters. The molecule has 1 aliphatic rings. The summed E-state index contributed by atoms with van der Waals surface area (Å²) in [5.41, 5.74) is 0.553. The summed E-state index contributed by atoms with van der Waals surface area (Å²) in [7, 11) is 0. The first kappa shape index (κ1) is 13.7. The van der Waals surface area contributed by atoms with E-state index < -0.39 is 5.82 Å². The number of pyridine rings is 1. The highest BCUT2D eigenvalue weighted by molar-refractivity contribution is 5.57. The van der Waals surface area contributed by atoms with E-state index in [1.54, 1.807) is 6.20 Å². The van der Waals surface area contributed by atoms with E-state index in [0.29, 0.717) is 29.8 Å². The zero-order valence-corrected chi connectivity index (χ0v) is 11.9. The number of anilines is 2. The van der Waals surface area contributed by atoms with E-state index in [9.17, 15) is 4.39 Å². The van der Waals surface area contributed by atoms with E-state index in [0.717, 1.165) is 32.1 Å². The van der Waals surface area contributed by atoms with E-state index in [4.69, 9.17) is 0 Å². The maximum atomic E-state index is 13.3. The predicted octanol–water partition coefficient (Wildman–Crippen LogP) is 2.10. The summed E-state index contributed by atoms with van der Waals surface area (Å²) in [6.07, 6.45) is 5.00. The van der Waals surface area contributed by atoms with Crippen LogP contribution >= 0.6 is 0 Å².